The standard InChI is InChI=1S/C22H26O6.H2O/c1-2-13-3-5-14(6-4-13)9-15-7-8-16-12-27-22(17(16)10-15)21(26)20(25)19(24)18(11-23)28-22;/h3-8,10,18-21,23-26H,2,9,11-12H2,1H3;1H2/t18-,19?,20+,21-,22+;/m1./s1. The fourth-order valence-corrected chi connectivity index (χ4v) is 4.06. The van der Waals surface area contributed by atoms with Crippen LogP contribution in [0.25, 0.3) is 0 Å². The first-order chi connectivity index (χ1) is 13.5. The fraction of sp³-hybridized carbons (Fsp3) is 0.455. The van der Waals surface area contributed by atoms with Gasteiger partial charge in [-0.2, -0.15) is 0 Å². The maximum Gasteiger partial charge on any atom is 0.225 e. The zero-order valence-electron chi connectivity index (χ0n) is 16.3. The molecule has 2 heterocycles. The van der Waals surface area contributed by atoms with Gasteiger partial charge in [0.2, 0.25) is 5.79 Å². The van der Waals surface area contributed by atoms with Crippen molar-refractivity contribution in [2.75, 3.05) is 6.61 Å². The quantitative estimate of drug-likeness (QED) is 0.575. The zero-order chi connectivity index (χ0) is 19.9. The molecule has 158 valence electrons. The molecule has 6 N–H and O–H groups in total. The average molecular weight is 404 g/mol. The molecule has 2 aromatic carbocycles. The molecule has 7 heteroatoms. The minimum absolute atomic E-state index is 0. The number of hydrogen-bond donors (Lipinski definition) is 4. The predicted octanol–water partition coefficient (Wildman–Crippen LogP) is 0.172. The topological polar surface area (TPSA) is 131 Å². The van der Waals surface area contributed by atoms with E-state index in [0.717, 1.165) is 17.5 Å². The number of aliphatic hydroxyl groups excluding tert-OH is 4. The molecule has 29 heavy (non-hydrogen) atoms. The SMILES string of the molecule is CCc1ccc(Cc2ccc3c(c2)[C@]2(OC3)O[C@H](CO)C(O)[C@H](O)[C@H]2O)cc1.O. The van der Waals surface area contributed by atoms with Crippen molar-refractivity contribution in [3.8, 4) is 0 Å². The summed E-state index contributed by atoms with van der Waals surface area (Å²) < 4.78 is 11.6. The molecule has 5 atom stereocenters. The van der Waals surface area contributed by atoms with Crippen LogP contribution in [0.5, 0.6) is 0 Å². The number of benzene rings is 2. The van der Waals surface area contributed by atoms with Crippen molar-refractivity contribution in [3.63, 3.8) is 0 Å². The molecule has 1 fully saturated rings. The molecule has 0 aliphatic carbocycles. The van der Waals surface area contributed by atoms with Crippen LogP contribution in [0.3, 0.4) is 0 Å². The van der Waals surface area contributed by atoms with Gasteiger partial charge in [-0.15, -0.1) is 0 Å². The second kappa shape index (κ2) is 8.49. The first kappa shape index (κ1) is 21.9. The predicted molar refractivity (Wildman–Crippen MR) is 105 cm³/mol. The summed E-state index contributed by atoms with van der Waals surface area (Å²) in [5.74, 6) is -1.59. The molecule has 0 amide bonds. The van der Waals surface area contributed by atoms with E-state index in [0.29, 0.717) is 12.0 Å². The van der Waals surface area contributed by atoms with E-state index in [1.165, 1.54) is 11.1 Å². The van der Waals surface area contributed by atoms with Gasteiger partial charge in [-0.3, -0.25) is 0 Å². The van der Waals surface area contributed by atoms with Gasteiger partial charge in [-0.05, 0) is 41.2 Å². The summed E-state index contributed by atoms with van der Waals surface area (Å²) in [7, 11) is 0. The molecule has 4 rings (SSSR count). The normalized spacial score (nSPS) is 30.8. The molecular weight excluding hydrogens is 376 g/mol. The summed E-state index contributed by atoms with van der Waals surface area (Å²) in [4.78, 5) is 0. The number of hydrogen-bond acceptors (Lipinski definition) is 6. The number of fused-ring (bicyclic) bond motifs is 2. The highest BCUT2D eigenvalue weighted by Crippen LogP contribution is 2.46. The van der Waals surface area contributed by atoms with Crippen LogP contribution < -0.4 is 0 Å². The minimum Gasteiger partial charge on any atom is -0.412 e. The molecule has 2 aliphatic rings. The van der Waals surface area contributed by atoms with Gasteiger partial charge in [-0.1, -0.05) is 43.3 Å². The van der Waals surface area contributed by atoms with Crippen molar-refractivity contribution in [1.29, 1.82) is 0 Å². The Hall–Kier alpha value is -1.84. The van der Waals surface area contributed by atoms with Crippen molar-refractivity contribution in [3.05, 3.63) is 70.3 Å². The van der Waals surface area contributed by atoms with Crippen molar-refractivity contribution < 1.29 is 35.4 Å². The Morgan fingerprint density at radius 1 is 0.966 bits per heavy atom. The first-order valence-electron chi connectivity index (χ1n) is 9.65. The Labute approximate surface area is 169 Å². The van der Waals surface area contributed by atoms with Crippen LogP contribution in [0.15, 0.2) is 42.5 Å². The summed E-state index contributed by atoms with van der Waals surface area (Å²) >= 11 is 0. The summed E-state index contributed by atoms with van der Waals surface area (Å²) in [6.45, 7) is 1.85. The smallest absolute Gasteiger partial charge is 0.225 e. The van der Waals surface area contributed by atoms with E-state index >= 15 is 0 Å². The second-order valence-electron chi connectivity index (χ2n) is 7.56. The van der Waals surface area contributed by atoms with E-state index < -0.39 is 36.8 Å². The molecule has 0 saturated carbocycles. The molecule has 1 spiro atoms. The van der Waals surface area contributed by atoms with E-state index in [-0.39, 0.29) is 12.1 Å². The van der Waals surface area contributed by atoms with E-state index in [1.54, 1.807) is 0 Å². The number of aliphatic hydroxyl groups is 4. The summed E-state index contributed by atoms with van der Waals surface area (Å²) in [5.41, 5.74) is 4.95. The average Bonchev–Trinajstić information content (AvgIpc) is 3.08. The van der Waals surface area contributed by atoms with E-state index in [9.17, 15) is 20.4 Å². The Kier molecular flexibility index (Phi) is 6.40. The minimum atomic E-state index is -1.59. The highest BCUT2D eigenvalue weighted by atomic mass is 16.7. The van der Waals surface area contributed by atoms with Crippen molar-refractivity contribution in [2.24, 2.45) is 0 Å². The number of ether oxygens (including phenoxy) is 2. The van der Waals surface area contributed by atoms with Crippen LogP contribution in [-0.2, 0) is 34.7 Å². The highest BCUT2D eigenvalue weighted by molar-refractivity contribution is 5.41. The van der Waals surface area contributed by atoms with Gasteiger partial charge in [-0.25, -0.2) is 0 Å². The van der Waals surface area contributed by atoms with Gasteiger partial charge in [0.1, 0.15) is 24.4 Å². The highest BCUT2D eigenvalue weighted by Gasteiger charge is 2.58. The molecule has 0 bridgehead atoms. The molecule has 0 aromatic heterocycles. The van der Waals surface area contributed by atoms with Gasteiger partial charge in [0, 0.05) is 5.56 Å². The van der Waals surface area contributed by atoms with Crippen LogP contribution in [-0.4, -0.2) is 56.9 Å². The van der Waals surface area contributed by atoms with E-state index in [4.69, 9.17) is 9.47 Å². The molecule has 1 saturated heterocycles. The lowest BCUT2D eigenvalue weighted by Gasteiger charge is -2.46. The van der Waals surface area contributed by atoms with Gasteiger partial charge < -0.3 is 35.4 Å². The van der Waals surface area contributed by atoms with Crippen molar-refractivity contribution in [1.82, 2.24) is 0 Å². The molecule has 0 radical (unpaired) electrons. The summed E-state index contributed by atoms with van der Waals surface area (Å²) in [6.07, 6.45) is -3.69. The second-order valence-corrected chi connectivity index (χ2v) is 7.56. The van der Waals surface area contributed by atoms with Crippen LogP contribution in [0.2, 0.25) is 0 Å². The fourth-order valence-electron chi connectivity index (χ4n) is 4.06. The summed E-state index contributed by atoms with van der Waals surface area (Å²) in [5, 5.41) is 40.5. The Morgan fingerprint density at radius 3 is 2.28 bits per heavy atom. The maximum atomic E-state index is 10.7. The molecule has 1 unspecified atom stereocenters. The number of aryl methyl sites for hydroxylation is 1. The number of rotatable bonds is 4. The van der Waals surface area contributed by atoms with Gasteiger partial charge in [0.05, 0.1) is 13.2 Å². The van der Waals surface area contributed by atoms with Gasteiger partial charge in [0.15, 0.2) is 0 Å². The summed E-state index contributed by atoms with van der Waals surface area (Å²) in [6, 6.07) is 14.3. The molecule has 7 nitrogen and oxygen atoms in total. The lowest BCUT2D eigenvalue weighted by atomic mass is 9.86. The van der Waals surface area contributed by atoms with Gasteiger partial charge in [0.25, 0.3) is 0 Å². The van der Waals surface area contributed by atoms with E-state index in [1.807, 2.05) is 18.2 Å². The lowest BCUT2D eigenvalue weighted by molar-refractivity contribution is -0.368. The molecular formula is C22H28O7. The Bertz CT molecular complexity index is 836. The Morgan fingerprint density at radius 2 is 1.62 bits per heavy atom. The first-order valence-corrected chi connectivity index (χ1v) is 9.65. The Balaban J connectivity index is 0.00000240. The van der Waals surface area contributed by atoms with Crippen LogP contribution in [0.1, 0.15) is 34.7 Å². The third kappa shape index (κ3) is 3.71. The van der Waals surface area contributed by atoms with Gasteiger partial charge >= 0.3 is 0 Å². The lowest BCUT2D eigenvalue weighted by Crippen LogP contribution is -2.63. The van der Waals surface area contributed by atoms with Crippen molar-refractivity contribution >= 4 is 0 Å². The van der Waals surface area contributed by atoms with Crippen LogP contribution in [0, 0.1) is 0 Å². The third-order valence-corrected chi connectivity index (χ3v) is 5.78. The van der Waals surface area contributed by atoms with Crippen molar-refractivity contribution in [2.45, 2.75) is 56.6 Å². The third-order valence-electron chi connectivity index (χ3n) is 5.78. The van der Waals surface area contributed by atoms with Crippen LogP contribution in [0.4, 0.5) is 0 Å². The monoisotopic (exact) mass is 404 g/mol. The maximum absolute atomic E-state index is 10.7. The van der Waals surface area contributed by atoms with E-state index in [2.05, 4.69) is 31.2 Å². The molecule has 2 aliphatic heterocycles. The zero-order valence-corrected chi connectivity index (χ0v) is 16.3. The molecule has 2 aromatic rings. The van der Waals surface area contributed by atoms with Crippen LogP contribution >= 0.6 is 0 Å². The largest absolute Gasteiger partial charge is 0.412 e.